The minimum Gasteiger partial charge on any atom is -0.438 e. The van der Waals surface area contributed by atoms with Gasteiger partial charge in [0.05, 0.1) is 10.9 Å². The lowest BCUT2D eigenvalue weighted by atomic mass is 10.1. The van der Waals surface area contributed by atoms with Gasteiger partial charge in [-0.05, 0) is 85.3 Å². The van der Waals surface area contributed by atoms with E-state index in [0.717, 1.165) is 22.0 Å². The van der Waals surface area contributed by atoms with Crippen LogP contribution < -0.4 is 15.4 Å². The Labute approximate surface area is 207 Å². The van der Waals surface area contributed by atoms with Gasteiger partial charge in [-0.25, -0.2) is 9.78 Å². The number of carbonyl (C=O) groups is 1. The predicted molar refractivity (Wildman–Crippen MR) is 140 cm³/mol. The van der Waals surface area contributed by atoms with Crippen molar-refractivity contribution in [2.45, 2.75) is 6.92 Å². The number of rotatable bonds is 5. The van der Waals surface area contributed by atoms with Gasteiger partial charge in [0.1, 0.15) is 5.75 Å². The summed E-state index contributed by atoms with van der Waals surface area (Å²) >= 11 is 5.89. The van der Waals surface area contributed by atoms with Crippen molar-refractivity contribution in [1.29, 1.82) is 0 Å². The Bertz CT molecular complexity index is 1500. The van der Waals surface area contributed by atoms with Crippen molar-refractivity contribution in [1.82, 2.24) is 9.97 Å². The number of anilines is 2. The molecule has 0 atom stereocenters. The number of aryl methyl sites for hydroxylation is 1. The van der Waals surface area contributed by atoms with Gasteiger partial charge in [-0.15, -0.1) is 0 Å². The van der Waals surface area contributed by atoms with Gasteiger partial charge in [0.2, 0.25) is 5.88 Å². The minimum atomic E-state index is -0.351. The van der Waals surface area contributed by atoms with Crippen LogP contribution >= 0.6 is 11.6 Å². The lowest BCUT2D eigenvalue weighted by Gasteiger charge is -2.11. The summed E-state index contributed by atoms with van der Waals surface area (Å²) in [5, 5.41) is 7.02. The molecule has 2 N–H and O–H groups in total. The van der Waals surface area contributed by atoms with Crippen LogP contribution in [0.25, 0.3) is 22.3 Å². The highest BCUT2D eigenvalue weighted by molar-refractivity contribution is 6.30. The normalized spacial score (nSPS) is 10.7. The molecule has 172 valence electrons. The van der Waals surface area contributed by atoms with E-state index in [-0.39, 0.29) is 6.03 Å². The maximum atomic E-state index is 12.3. The van der Waals surface area contributed by atoms with Crippen molar-refractivity contribution in [2.24, 2.45) is 0 Å². The number of nitrogens with one attached hydrogen (secondary N) is 2. The number of para-hydroxylation sites is 1. The Balaban J connectivity index is 1.38. The molecular formula is C28H21ClN4O2. The molecule has 2 amide bonds. The van der Waals surface area contributed by atoms with E-state index >= 15 is 0 Å². The van der Waals surface area contributed by atoms with Crippen LogP contribution in [0.5, 0.6) is 11.6 Å². The van der Waals surface area contributed by atoms with E-state index in [1.807, 2.05) is 67.6 Å². The smallest absolute Gasteiger partial charge is 0.323 e. The van der Waals surface area contributed by atoms with Crippen LogP contribution in [0.2, 0.25) is 5.02 Å². The van der Waals surface area contributed by atoms with E-state index in [2.05, 4.69) is 10.6 Å². The third-order valence-corrected chi connectivity index (χ3v) is 5.53. The average molecular weight is 481 g/mol. The van der Waals surface area contributed by atoms with Gasteiger partial charge >= 0.3 is 6.03 Å². The number of aromatic nitrogens is 2. The van der Waals surface area contributed by atoms with Crippen molar-refractivity contribution in [3.05, 3.63) is 108 Å². The van der Waals surface area contributed by atoms with Crippen molar-refractivity contribution < 1.29 is 9.53 Å². The fourth-order valence-corrected chi connectivity index (χ4v) is 3.70. The second-order valence-corrected chi connectivity index (χ2v) is 8.39. The molecule has 0 saturated carbocycles. The highest BCUT2D eigenvalue weighted by Crippen LogP contribution is 2.30. The molecule has 0 aliphatic carbocycles. The molecule has 5 aromatic rings. The highest BCUT2D eigenvalue weighted by atomic mass is 35.5. The molecule has 1 heterocycles. The van der Waals surface area contributed by atoms with Crippen LogP contribution in [-0.4, -0.2) is 16.0 Å². The summed E-state index contributed by atoms with van der Waals surface area (Å²) in [7, 11) is 0. The van der Waals surface area contributed by atoms with E-state index in [9.17, 15) is 4.79 Å². The summed E-state index contributed by atoms with van der Waals surface area (Å²) in [4.78, 5) is 21.7. The van der Waals surface area contributed by atoms with Gasteiger partial charge in [-0.1, -0.05) is 35.9 Å². The molecular weight excluding hydrogens is 460 g/mol. The lowest BCUT2D eigenvalue weighted by Crippen LogP contribution is -2.19. The summed E-state index contributed by atoms with van der Waals surface area (Å²) in [5.74, 6) is 1.73. The number of urea groups is 1. The number of benzene rings is 4. The van der Waals surface area contributed by atoms with Gasteiger partial charge in [0, 0.05) is 22.0 Å². The second kappa shape index (κ2) is 9.83. The van der Waals surface area contributed by atoms with Gasteiger partial charge in [-0.3, -0.25) is 0 Å². The fraction of sp³-hybridized carbons (Fsp3) is 0.0357. The van der Waals surface area contributed by atoms with E-state index in [0.29, 0.717) is 33.9 Å². The molecule has 0 aliphatic rings. The Morgan fingerprint density at radius 1 is 0.800 bits per heavy atom. The molecule has 7 heteroatoms. The number of halogens is 1. The van der Waals surface area contributed by atoms with E-state index in [1.54, 1.807) is 36.4 Å². The fourth-order valence-electron chi connectivity index (χ4n) is 3.57. The molecule has 4 aromatic carbocycles. The maximum Gasteiger partial charge on any atom is 0.323 e. The first kappa shape index (κ1) is 22.4. The number of nitrogens with zero attached hydrogens (tertiary/aromatic N) is 2. The Hall–Kier alpha value is -4.42. The first-order valence-corrected chi connectivity index (χ1v) is 11.4. The van der Waals surface area contributed by atoms with Crippen LogP contribution in [0.4, 0.5) is 16.2 Å². The van der Waals surface area contributed by atoms with Crippen molar-refractivity contribution in [3.63, 3.8) is 0 Å². The topological polar surface area (TPSA) is 76.1 Å². The molecule has 0 radical (unpaired) electrons. The first-order chi connectivity index (χ1) is 17.0. The van der Waals surface area contributed by atoms with Crippen LogP contribution in [0.1, 0.15) is 5.56 Å². The Kier molecular flexibility index (Phi) is 6.28. The molecule has 0 spiro atoms. The van der Waals surface area contributed by atoms with Gasteiger partial charge in [0.15, 0.2) is 5.82 Å². The van der Waals surface area contributed by atoms with E-state index in [1.165, 1.54) is 0 Å². The Morgan fingerprint density at radius 3 is 2.20 bits per heavy atom. The SMILES string of the molecule is Cc1cccc(Oc2nc(-c3ccc(NC(=O)Nc4ccc(Cl)cc4)cc3)nc3ccccc23)c1. The number of carbonyl (C=O) groups excluding carboxylic acids is 1. The number of hydrogen-bond donors (Lipinski definition) is 2. The monoisotopic (exact) mass is 480 g/mol. The van der Waals surface area contributed by atoms with Crippen LogP contribution in [-0.2, 0) is 0 Å². The minimum absolute atomic E-state index is 0.351. The summed E-state index contributed by atoms with van der Waals surface area (Å²) < 4.78 is 6.15. The third kappa shape index (κ3) is 5.39. The van der Waals surface area contributed by atoms with E-state index in [4.69, 9.17) is 26.3 Å². The number of ether oxygens (including phenoxy) is 1. The lowest BCUT2D eigenvalue weighted by molar-refractivity contribution is 0.262. The molecule has 0 aliphatic heterocycles. The van der Waals surface area contributed by atoms with Crippen LogP contribution in [0.15, 0.2) is 97.1 Å². The summed E-state index contributed by atoms with van der Waals surface area (Å²) in [6.45, 7) is 2.02. The molecule has 0 fully saturated rings. The molecule has 35 heavy (non-hydrogen) atoms. The summed E-state index contributed by atoms with van der Waals surface area (Å²) in [6.07, 6.45) is 0. The summed E-state index contributed by atoms with van der Waals surface area (Å²) in [6, 6.07) is 29.4. The largest absolute Gasteiger partial charge is 0.438 e. The molecule has 6 nitrogen and oxygen atoms in total. The first-order valence-electron chi connectivity index (χ1n) is 11.0. The molecule has 0 saturated heterocycles. The molecule has 5 rings (SSSR count). The quantitative estimate of drug-likeness (QED) is 0.270. The van der Waals surface area contributed by atoms with E-state index < -0.39 is 0 Å². The maximum absolute atomic E-state index is 12.3. The standard InChI is InChI=1S/C28H21ClN4O2/c1-18-5-4-6-23(17-18)35-27-24-7-2-3-8-25(24)32-26(33-27)19-9-13-21(14-10-19)30-28(34)31-22-15-11-20(29)12-16-22/h2-17H,1H3,(H2,30,31,34). The average Bonchev–Trinajstić information content (AvgIpc) is 2.86. The van der Waals surface area contributed by atoms with Gasteiger partial charge in [-0.2, -0.15) is 4.98 Å². The van der Waals surface area contributed by atoms with Crippen LogP contribution in [0, 0.1) is 6.92 Å². The van der Waals surface area contributed by atoms with Gasteiger partial charge < -0.3 is 15.4 Å². The van der Waals surface area contributed by atoms with Crippen LogP contribution in [0.3, 0.4) is 0 Å². The number of amides is 2. The zero-order chi connectivity index (χ0) is 24.2. The summed E-state index contributed by atoms with van der Waals surface area (Å²) in [5.41, 5.74) is 3.97. The van der Waals surface area contributed by atoms with Crippen molar-refractivity contribution in [3.8, 4) is 23.0 Å². The zero-order valence-electron chi connectivity index (χ0n) is 18.8. The third-order valence-electron chi connectivity index (χ3n) is 5.28. The number of hydrogen-bond acceptors (Lipinski definition) is 4. The Morgan fingerprint density at radius 2 is 1.49 bits per heavy atom. The molecule has 0 unspecified atom stereocenters. The second-order valence-electron chi connectivity index (χ2n) is 7.95. The number of fused-ring (bicyclic) bond motifs is 1. The van der Waals surface area contributed by atoms with Gasteiger partial charge in [0.25, 0.3) is 0 Å². The molecule has 0 bridgehead atoms. The molecule has 1 aromatic heterocycles. The zero-order valence-corrected chi connectivity index (χ0v) is 19.6. The van der Waals surface area contributed by atoms with Crippen molar-refractivity contribution in [2.75, 3.05) is 10.6 Å². The predicted octanol–water partition coefficient (Wildman–Crippen LogP) is 7.69. The van der Waals surface area contributed by atoms with Crippen molar-refractivity contribution >= 4 is 39.9 Å². The highest BCUT2D eigenvalue weighted by Gasteiger charge is 2.12.